The summed E-state index contributed by atoms with van der Waals surface area (Å²) in [5, 5.41) is 4.42. The number of nitrogens with zero attached hydrogens (tertiary/aromatic N) is 4. The molecule has 1 aliphatic rings. The summed E-state index contributed by atoms with van der Waals surface area (Å²) in [6.45, 7) is 2.89. The lowest BCUT2D eigenvalue weighted by molar-refractivity contribution is -0.112. The van der Waals surface area contributed by atoms with Crippen LogP contribution in [0.3, 0.4) is 0 Å². The van der Waals surface area contributed by atoms with E-state index in [2.05, 4.69) is 17.0 Å². The molecule has 0 saturated carbocycles. The van der Waals surface area contributed by atoms with Gasteiger partial charge < -0.3 is 9.64 Å². The van der Waals surface area contributed by atoms with E-state index in [0.717, 1.165) is 29.0 Å². The Hall–Kier alpha value is -3.52. The fourth-order valence-corrected chi connectivity index (χ4v) is 5.01. The fourth-order valence-electron chi connectivity index (χ4n) is 4.02. The zero-order chi connectivity index (χ0) is 22.9. The van der Waals surface area contributed by atoms with Gasteiger partial charge in [-0.05, 0) is 36.8 Å². The summed E-state index contributed by atoms with van der Waals surface area (Å²) < 4.78 is 7.45. The van der Waals surface area contributed by atoms with E-state index in [0.29, 0.717) is 27.5 Å². The second-order valence-corrected chi connectivity index (χ2v) is 9.03. The van der Waals surface area contributed by atoms with E-state index >= 15 is 0 Å². The summed E-state index contributed by atoms with van der Waals surface area (Å²) in [5.41, 5.74) is 2.45. The molecule has 0 spiro atoms. The van der Waals surface area contributed by atoms with Crippen molar-refractivity contribution in [1.82, 2.24) is 14.6 Å². The Kier molecular flexibility index (Phi) is 5.68. The van der Waals surface area contributed by atoms with Crippen molar-refractivity contribution in [3.63, 3.8) is 0 Å². The minimum absolute atomic E-state index is 0.191. The third kappa shape index (κ3) is 3.80. The number of amides is 1. The summed E-state index contributed by atoms with van der Waals surface area (Å²) in [4.78, 5) is 32.6. The Morgan fingerprint density at radius 2 is 1.79 bits per heavy atom. The standard InChI is InChI=1S/C25H24N4O3S/c1-3-4-5-8-15-32-17-13-11-16(12-14-17)22-26-25-29(27-22)24(31)21(33-25)20-18-9-6-7-10-19(18)28(2)23(20)30/h6-7,9-14H,3-5,8,15H2,1-2H3/b21-20-. The molecule has 8 heteroatoms. The molecule has 0 aliphatic carbocycles. The first-order chi connectivity index (χ1) is 16.1. The molecule has 2 aromatic carbocycles. The minimum Gasteiger partial charge on any atom is -0.494 e. The van der Waals surface area contributed by atoms with Gasteiger partial charge in [0.15, 0.2) is 5.82 Å². The van der Waals surface area contributed by atoms with Gasteiger partial charge in [0.25, 0.3) is 11.5 Å². The Morgan fingerprint density at radius 1 is 1.00 bits per heavy atom. The van der Waals surface area contributed by atoms with Crippen LogP contribution in [0.5, 0.6) is 5.75 Å². The molecule has 3 heterocycles. The predicted octanol–water partition coefficient (Wildman–Crippen LogP) is 3.67. The third-order valence-corrected chi connectivity index (χ3v) is 6.85. The second kappa shape index (κ2) is 8.78. The second-order valence-electron chi connectivity index (χ2n) is 8.06. The zero-order valence-electron chi connectivity index (χ0n) is 18.6. The van der Waals surface area contributed by atoms with Crippen LogP contribution in [0.25, 0.3) is 21.9 Å². The highest BCUT2D eigenvalue weighted by atomic mass is 32.1. The van der Waals surface area contributed by atoms with Crippen LogP contribution in [0, 0.1) is 0 Å². The van der Waals surface area contributed by atoms with Crippen LogP contribution in [-0.2, 0) is 4.79 Å². The van der Waals surface area contributed by atoms with Crippen molar-refractivity contribution < 1.29 is 9.53 Å². The van der Waals surface area contributed by atoms with Gasteiger partial charge in [0.2, 0.25) is 4.96 Å². The van der Waals surface area contributed by atoms with E-state index in [1.54, 1.807) is 11.9 Å². The molecule has 0 saturated heterocycles. The summed E-state index contributed by atoms with van der Waals surface area (Å²) in [7, 11) is 1.71. The number of benzene rings is 2. The molecule has 33 heavy (non-hydrogen) atoms. The quantitative estimate of drug-likeness (QED) is 0.393. The monoisotopic (exact) mass is 460 g/mol. The number of rotatable bonds is 7. The van der Waals surface area contributed by atoms with Gasteiger partial charge in [-0.2, -0.15) is 9.50 Å². The van der Waals surface area contributed by atoms with Crippen LogP contribution in [0.1, 0.15) is 38.2 Å². The van der Waals surface area contributed by atoms with Gasteiger partial charge in [-0.15, -0.1) is 5.10 Å². The van der Waals surface area contributed by atoms with Crippen molar-refractivity contribution in [3.05, 3.63) is 69.0 Å². The summed E-state index contributed by atoms with van der Waals surface area (Å²) in [5.74, 6) is 1.09. The van der Waals surface area contributed by atoms with E-state index in [-0.39, 0.29) is 11.5 Å². The average molecular weight is 461 g/mol. The highest BCUT2D eigenvalue weighted by Crippen LogP contribution is 2.33. The number of anilines is 1. The van der Waals surface area contributed by atoms with Crippen LogP contribution < -0.4 is 19.7 Å². The number of likely N-dealkylation sites (N-methyl/N-ethyl adjacent to an activating group) is 1. The van der Waals surface area contributed by atoms with E-state index in [1.807, 2.05) is 48.5 Å². The molecular weight excluding hydrogens is 436 g/mol. The topological polar surface area (TPSA) is 76.8 Å². The zero-order valence-corrected chi connectivity index (χ0v) is 19.4. The normalized spacial score (nSPS) is 14.8. The number of thiazole rings is 1. The van der Waals surface area contributed by atoms with Gasteiger partial charge in [0.05, 0.1) is 17.9 Å². The molecule has 7 nitrogen and oxygen atoms in total. The largest absolute Gasteiger partial charge is 0.494 e. The van der Waals surface area contributed by atoms with E-state index < -0.39 is 0 Å². The van der Waals surface area contributed by atoms with Crippen molar-refractivity contribution in [2.75, 3.05) is 18.6 Å². The van der Waals surface area contributed by atoms with Crippen LogP contribution >= 0.6 is 11.3 Å². The van der Waals surface area contributed by atoms with Crippen molar-refractivity contribution in [1.29, 1.82) is 0 Å². The van der Waals surface area contributed by atoms with Crippen molar-refractivity contribution in [2.24, 2.45) is 0 Å². The maximum absolute atomic E-state index is 13.1. The molecule has 5 rings (SSSR count). The predicted molar refractivity (Wildman–Crippen MR) is 130 cm³/mol. The lowest BCUT2D eigenvalue weighted by Gasteiger charge is -2.07. The average Bonchev–Trinajstić information content (AvgIpc) is 3.46. The van der Waals surface area contributed by atoms with Crippen LogP contribution in [0.4, 0.5) is 5.69 Å². The Balaban J connectivity index is 1.43. The summed E-state index contributed by atoms with van der Waals surface area (Å²) in [6.07, 6.45) is 4.66. The fraction of sp³-hybridized carbons (Fsp3) is 0.280. The Morgan fingerprint density at radius 3 is 2.55 bits per heavy atom. The molecule has 2 aromatic heterocycles. The number of carbonyl (C=O) groups is 1. The van der Waals surface area contributed by atoms with E-state index in [9.17, 15) is 9.59 Å². The van der Waals surface area contributed by atoms with Crippen LogP contribution in [0.2, 0.25) is 0 Å². The smallest absolute Gasteiger partial charge is 0.291 e. The number of para-hydroxylation sites is 1. The number of aromatic nitrogens is 3. The first-order valence-corrected chi connectivity index (χ1v) is 11.9. The molecule has 0 radical (unpaired) electrons. The number of hydrogen-bond acceptors (Lipinski definition) is 6. The third-order valence-electron chi connectivity index (χ3n) is 5.82. The number of fused-ring (bicyclic) bond motifs is 2. The molecule has 0 unspecified atom stereocenters. The van der Waals surface area contributed by atoms with Crippen molar-refractivity contribution >= 4 is 33.5 Å². The first-order valence-electron chi connectivity index (χ1n) is 11.1. The van der Waals surface area contributed by atoms with Gasteiger partial charge in [-0.1, -0.05) is 55.7 Å². The Labute approximate surface area is 194 Å². The number of ether oxygens (including phenoxy) is 1. The van der Waals surface area contributed by atoms with Gasteiger partial charge in [-0.25, -0.2) is 0 Å². The van der Waals surface area contributed by atoms with Crippen LogP contribution in [0.15, 0.2) is 53.3 Å². The number of carbonyl (C=O) groups excluding carboxylic acids is 1. The van der Waals surface area contributed by atoms with E-state index in [4.69, 9.17) is 4.74 Å². The van der Waals surface area contributed by atoms with Gasteiger partial charge >= 0.3 is 0 Å². The molecule has 0 fully saturated rings. The summed E-state index contributed by atoms with van der Waals surface area (Å²) in [6, 6.07) is 15.1. The number of hydrogen-bond donors (Lipinski definition) is 0. The molecule has 0 bridgehead atoms. The highest BCUT2D eigenvalue weighted by molar-refractivity contribution is 7.15. The van der Waals surface area contributed by atoms with Crippen molar-refractivity contribution in [3.8, 4) is 17.1 Å². The molecule has 1 amide bonds. The molecule has 0 atom stereocenters. The van der Waals surface area contributed by atoms with Crippen LogP contribution in [-0.4, -0.2) is 34.2 Å². The summed E-state index contributed by atoms with van der Waals surface area (Å²) >= 11 is 1.19. The molecule has 1 aliphatic heterocycles. The van der Waals surface area contributed by atoms with Gasteiger partial charge in [0, 0.05) is 18.2 Å². The van der Waals surface area contributed by atoms with Gasteiger partial charge in [0.1, 0.15) is 10.3 Å². The maximum Gasteiger partial charge on any atom is 0.291 e. The Bertz CT molecular complexity index is 1440. The lowest BCUT2D eigenvalue weighted by atomic mass is 10.1. The SMILES string of the molecule is CCCCCCOc1ccc(-c2nc3s/c(=C4\C(=O)N(C)c5ccccc54)c(=O)n3n2)cc1. The number of unbranched alkanes of at least 4 members (excludes halogenated alkanes) is 3. The van der Waals surface area contributed by atoms with Crippen molar-refractivity contribution in [2.45, 2.75) is 32.6 Å². The first kappa shape index (κ1) is 21.3. The molecule has 0 N–H and O–H groups in total. The van der Waals surface area contributed by atoms with E-state index in [1.165, 1.54) is 35.1 Å². The lowest BCUT2D eigenvalue weighted by Crippen LogP contribution is -2.30. The molecular formula is C25H24N4O3S. The molecule has 168 valence electrons. The highest BCUT2D eigenvalue weighted by Gasteiger charge is 2.31. The van der Waals surface area contributed by atoms with Gasteiger partial charge in [-0.3, -0.25) is 9.59 Å². The minimum atomic E-state index is -0.325. The molecule has 4 aromatic rings. The maximum atomic E-state index is 13.1.